The Labute approximate surface area is 148 Å². The third-order valence-corrected chi connectivity index (χ3v) is 6.16. The number of anilines is 1. The van der Waals surface area contributed by atoms with Crippen LogP contribution in [0.25, 0.3) is 10.2 Å². The normalized spacial score (nSPS) is 16.1. The van der Waals surface area contributed by atoms with Crippen LogP contribution in [-0.4, -0.2) is 30.5 Å². The standard InChI is InChI=1S/C19H27N3OS/c1-13-10-11-14(2)18-17(13)21-19(24-18)22(3)12-16(23)20-15-8-6-4-5-7-9-15/h10-11,15H,4-9,12H2,1-3H3,(H,20,23). The molecule has 1 heterocycles. The maximum atomic E-state index is 12.4. The van der Waals surface area contributed by atoms with Crippen LogP contribution in [-0.2, 0) is 4.79 Å². The van der Waals surface area contributed by atoms with E-state index in [2.05, 4.69) is 31.3 Å². The molecule has 4 nitrogen and oxygen atoms in total. The summed E-state index contributed by atoms with van der Waals surface area (Å²) in [4.78, 5) is 19.1. The molecule has 24 heavy (non-hydrogen) atoms. The maximum Gasteiger partial charge on any atom is 0.239 e. The van der Waals surface area contributed by atoms with Gasteiger partial charge in [0.05, 0.1) is 16.8 Å². The molecule has 0 radical (unpaired) electrons. The maximum absolute atomic E-state index is 12.4. The molecule has 0 unspecified atom stereocenters. The minimum Gasteiger partial charge on any atom is -0.352 e. The average molecular weight is 346 g/mol. The molecule has 1 aliphatic carbocycles. The number of likely N-dealkylation sites (N-methyl/N-ethyl adjacent to an activating group) is 1. The molecule has 0 spiro atoms. The van der Waals surface area contributed by atoms with Gasteiger partial charge in [0, 0.05) is 13.1 Å². The topological polar surface area (TPSA) is 45.2 Å². The van der Waals surface area contributed by atoms with E-state index < -0.39 is 0 Å². The predicted octanol–water partition coefficient (Wildman–Crippen LogP) is 4.19. The first-order chi connectivity index (χ1) is 11.5. The summed E-state index contributed by atoms with van der Waals surface area (Å²) < 4.78 is 1.22. The number of nitrogens with zero attached hydrogens (tertiary/aromatic N) is 2. The fraction of sp³-hybridized carbons (Fsp3) is 0.579. The van der Waals surface area contributed by atoms with Crippen molar-refractivity contribution in [3.63, 3.8) is 0 Å². The van der Waals surface area contributed by atoms with Gasteiger partial charge in [0.1, 0.15) is 0 Å². The Kier molecular flexibility index (Phi) is 5.39. The zero-order valence-corrected chi connectivity index (χ0v) is 15.7. The summed E-state index contributed by atoms with van der Waals surface area (Å²) in [5.74, 6) is 0.108. The molecule has 1 amide bonds. The van der Waals surface area contributed by atoms with Gasteiger partial charge in [-0.15, -0.1) is 0 Å². The predicted molar refractivity (Wildman–Crippen MR) is 102 cm³/mol. The highest BCUT2D eigenvalue weighted by Gasteiger charge is 2.18. The van der Waals surface area contributed by atoms with Crippen molar-refractivity contribution in [3.8, 4) is 0 Å². The van der Waals surface area contributed by atoms with Crippen LogP contribution in [0.1, 0.15) is 49.7 Å². The lowest BCUT2D eigenvalue weighted by atomic mass is 10.1. The van der Waals surface area contributed by atoms with Crippen LogP contribution in [0, 0.1) is 13.8 Å². The van der Waals surface area contributed by atoms with Gasteiger partial charge in [-0.3, -0.25) is 4.79 Å². The van der Waals surface area contributed by atoms with Gasteiger partial charge in [-0.2, -0.15) is 0 Å². The molecule has 2 aromatic rings. The van der Waals surface area contributed by atoms with Gasteiger partial charge in [-0.05, 0) is 37.8 Å². The molecule has 0 aliphatic heterocycles. The highest BCUT2D eigenvalue weighted by atomic mass is 32.1. The van der Waals surface area contributed by atoms with E-state index >= 15 is 0 Å². The van der Waals surface area contributed by atoms with E-state index in [-0.39, 0.29) is 5.91 Å². The number of hydrogen-bond acceptors (Lipinski definition) is 4. The van der Waals surface area contributed by atoms with Gasteiger partial charge >= 0.3 is 0 Å². The number of aryl methyl sites for hydroxylation is 2. The van der Waals surface area contributed by atoms with Crippen LogP contribution >= 0.6 is 11.3 Å². The van der Waals surface area contributed by atoms with Gasteiger partial charge in [0.15, 0.2) is 5.13 Å². The molecule has 1 N–H and O–H groups in total. The van der Waals surface area contributed by atoms with E-state index in [1.165, 1.54) is 41.5 Å². The van der Waals surface area contributed by atoms with Gasteiger partial charge in [0.25, 0.3) is 0 Å². The number of aromatic nitrogens is 1. The lowest BCUT2D eigenvalue weighted by Crippen LogP contribution is -2.40. The Hall–Kier alpha value is -1.62. The van der Waals surface area contributed by atoms with Crippen molar-refractivity contribution in [2.24, 2.45) is 0 Å². The van der Waals surface area contributed by atoms with Crippen molar-refractivity contribution in [1.82, 2.24) is 10.3 Å². The first kappa shape index (κ1) is 17.2. The fourth-order valence-corrected chi connectivity index (χ4v) is 4.46. The van der Waals surface area contributed by atoms with E-state index in [4.69, 9.17) is 4.98 Å². The number of benzene rings is 1. The number of hydrogen-bond donors (Lipinski definition) is 1. The number of thiazole rings is 1. The second kappa shape index (κ2) is 7.51. The second-order valence-electron chi connectivity index (χ2n) is 6.99. The van der Waals surface area contributed by atoms with E-state index in [0.717, 1.165) is 23.5 Å². The number of nitrogens with one attached hydrogen (secondary N) is 1. The van der Waals surface area contributed by atoms with Crippen molar-refractivity contribution < 1.29 is 4.79 Å². The van der Waals surface area contributed by atoms with Crippen LogP contribution in [0.2, 0.25) is 0 Å². The number of amides is 1. The largest absolute Gasteiger partial charge is 0.352 e. The summed E-state index contributed by atoms with van der Waals surface area (Å²) in [5, 5.41) is 4.13. The molecule has 0 bridgehead atoms. The van der Waals surface area contributed by atoms with E-state index in [1.54, 1.807) is 11.3 Å². The lowest BCUT2D eigenvalue weighted by Gasteiger charge is -2.19. The SMILES string of the molecule is Cc1ccc(C)c2sc(N(C)CC(=O)NC3CCCCCC3)nc12. The highest BCUT2D eigenvalue weighted by Crippen LogP contribution is 2.32. The summed E-state index contributed by atoms with van der Waals surface area (Å²) in [7, 11) is 1.95. The molecular weight excluding hydrogens is 318 g/mol. The third-order valence-electron chi connectivity index (χ3n) is 4.86. The smallest absolute Gasteiger partial charge is 0.239 e. The first-order valence-electron chi connectivity index (χ1n) is 8.92. The molecule has 130 valence electrons. The number of carbonyl (C=O) groups excluding carboxylic acids is 1. The molecular formula is C19H27N3OS. The fourth-order valence-electron chi connectivity index (χ4n) is 3.39. The van der Waals surface area contributed by atoms with Crippen LogP contribution in [0.5, 0.6) is 0 Å². The summed E-state index contributed by atoms with van der Waals surface area (Å²) in [6.45, 7) is 4.57. The first-order valence-corrected chi connectivity index (χ1v) is 9.73. The van der Waals surface area contributed by atoms with Gasteiger partial charge < -0.3 is 10.2 Å². The third kappa shape index (κ3) is 3.89. The number of rotatable bonds is 4. The molecule has 1 aromatic carbocycles. The van der Waals surface area contributed by atoms with Gasteiger partial charge in [-0.1, -0.05) is 49.2 Å². The quantitative estimate of drug-likeness (QED) is 0.845. The molecule has 5 heteroatoms. The second-order valence-corrected chi connectivity index (χ2v) is 7.96. The Bertz CT molecular complexity index is 678. The summed E-state index contributed by atoms with van der Waals surface area (Å²) in [6.07, 6.45) is 7.31. The zero-order chi connectivity index (χ0) is 17.1. The summed E-state index contributed by atoms with van der Waals surface area (Å²) >= 11 is 1.67. The van der Waals surface area contributed by atoms with E-state index in [0.29, 0.717) is 12.6 Å². The van der Waals surface area contributed by atoms with Crippen LogP contribution in [0.3, 0.4) is 0 Å². The average Bonchev–Trinajstić information content (AvgIpc) is 2.86. The molecule has 1 aromatic heterocycles. The minimum absolute atomic E-state index is 0.108. The Morgan fingerprint density at radius 2 is 1.88 bits per heavy atom. The Morgan fingerprint density at radius 3 is 2.54 bits per heavy atom. The number of carbonyl (C=O) groups is 1. The Morgan fingerprint density at radius 1 is 1.21 bits per heavy atom. The van der Waals surface area contributed by atoms with Crippen molar-refractivity contribution >= 4 is 32.6 Å². The Balaban J connectivity index is 1.66. The van der Waals surface area contributed by atoms with Crippen LogP contribution < -0.4 is 10.2 Å². The van der Waals surface area contributed by atoms with Crippen molar-refractivity contribution in [2.75, 3.05) is 18.5 Å². The van der Waals surface area contributed by atoms with E-state index in [1.807, 2.05) is 11.9 Å². The molecule has 3 rings (SSSR count). The van der Waals surface area contributed by atoms with Gasteiger partial charge in [0.2, 0.25) is 5.91 Å². The molecule has 1 saturated carbocycles. The van der Waals surface area contributed by atoms with E-state index in [9.17, 15) is 4.79 Å². The van der Waals surface area contributed by atoms with Crippen LogP contribution in [0.15, 0.2) is 12.1 Å². The molecule has 1 fully saturated rings. The summed E-state index contributed by atoms with van der Waals surface area (Å²) in [6, 6.07) is 4.60. The van der Waals surface area contributed by atoms with Gasteiger partial charge in [-0.25, -0.2) is 4.98 Å². The molecule has 1 aliphatic rings. The molecule has 0 atom stereocenters. The highest BCUT2D eigenvalue weighted by molar-refractivity contribution is 7.22. The molecule has 0 saturated heterocycles. The van der Waals surface area contributed by atoms with Crippen molar-refractivity contribution in [3.05, 3.63) is 23.3 Å². The minimum atomic E-state index is 0.108. The zero-order valence-electron chi connectivity index (χ0n) is 14.9. The van der Waals surface area contributed by atoms with Crippen LogP contribution in [0.4, 0.5) is 5.13 Å². The number of fused-ring (bicyclic) bond motifs is 1. The summed E-state index contributed by atoms with van der Waals surface area (Å²) in [5.41, 5.74) is 3.50. The van der Waals surface area contributed by atoms with Crippen molar-refractivity contribution in [1.29, 1.82) is 0 Å². The monoisotopic (exact) mass is 345 g/mol. The van der Waals surface area contributed by atoms with Crippen molar-refractivity contribution in [2.45, 2.75) is 58.4 Å². The lowest BCUT2D eigenvalue weighted by molar-refractivity contribution is -0.120.